The maximum atomic E-state index is 13.8. The van der Waals surface area contributed by atoms with Crippen LogP contribution in [0.15, 0.2) is 78.9 Å². The highest BCUT2D eigenvalue weighted by Crippen LogP contribution is 2.38. The van der Waals surface area contributed by atoms with Gasteiger partial charge in [-0.3, -0.25) is 4.79 Å². The van der Waals surface area contributed by atoms with Crippen LogP contribution in [0.4, 0.5) is 10.1 Å². The van der Waals surface area contributed by atoms with E-state index in [0.29, 0.717) is 28.1 Å². The van der Waals surface area contributed by atoms with E-state index in [4.69, 9.17) is 10.7 Å². The molecule has 0 spiro atoms. The van der Waals surface area contributed by atoms with E-state index in [0.717, 1.165) is 33.1 Å². The highest BCUT2D eigenvalue weighted by molar-refractivity contribution is 6.15. The van der Waals surface area contributed by atoms with Gasteiger partial charge in [0.1, 0.15) is 11.6 Å². The third-order valence-corrected chi connectivity index (χ3v) is 6.51. The SMILES string of the molecule is C[C@H](O)CNc1cc(-n2c3ccccc3c3c(-c4nc5ccc(F)cc5[nH]4)cccc32)ccc1C(N)=O. The molecule has 37 heavy (non-hydrogen) atoms. The van der Waals surface area contributed by atoms with E-state index in [2.05, 4.69) is 20.9 Å². The maximum Gasteiger partial charge on any atom is 0.250 e. The Morgan fingerprint density at radius 2 is 1.89 bits per heavy atom. The molecule has 6 aromatic rings. The number of hydrogen-bond donors (Lipinski definition) is 4. The van der Waals surface area contributed by atoms with Crippen LogP contribution in [-0.4, -0.2) is 38.2 Å². The number of carbonyl (C=O) groups excluding carboxylic acids is 1. The van der Waals surface area contributed by atoms with E-state index in [9.17, 15) is 14.3 Å². The van der Waals surface area contributed by atoms with Crippen LogP contribution >= 0.6 is 0 Å². The standard InChI is InChI=1S/C29H24FN5O2/c1-16(36)15-32-23-14-18(10-11-19(23)28(31)37)35-25-7-3-2-5-20(25)27-21(6-4-8-26(27)35)29-33-22-12-9-17(30)13-24(22)34-29/h2-14,16,32,36H,15H2,1H3,(H2,31,37)(H,33,34)/t16-/m0/s1. The number of carbonyl (C=O) groups is 1. The van der Waals surface area contributed by atoms with Crippen molar-refractivity contribution in [1.29, 1.82) is 0 Å². The van der Waals surface area contributed by atoms with Gasteiger partial charge in [0.05, 0.1) is 33.7 Å². The zero-order chi connectivity index (χ0) is 25.7. The summed E-state index contributed by atoms with van der Waals surface area (Å²) >= 11 is 0. The third-order valence-electron chi connectivity index (χ3n) is 6.51. The molecule has 7 nitrogen and oxygen atoms in total. The number of nitrogens with zero attached hydrogens (tertiary/aromatic N) is 2. The van der Waals surface area contributed by atoms with Crippen LogP contribution in [0.1, 0.15) is 17.3 Å². The number of rotatable bonds is 6. The number of aromatic nitrogens is 3. The molecule has 0 aliphatic carbocycles. The van der Waals surface area contributed by atoms with Gasteiger partial charge < -0.3 is 25.7 Å². The number of benzene rings is 4. The number of imidazole rings is 1. The molecule has 0 unspecified atom stereocenters. The molecule has 0 radical (unpaired) electrons. The predicted octanol–water partition coefficient (Wildman–Crippen LogP) is 5.36. The van der Waals surface area contributed by atoms with Crippen molar-refractivity contribution in [2.75, 3.05) is 11.9 Å². The van der Waals surface area contributed by atoms with E-state index >= 15 is 0 Å². The summed E-state index contributed by atoms with van der Waals surface area (Å²) in [4.78, 5) is 20.1. The first-order valence-corrected chi connectivity index (χ1v) is 11.9. The molecule has 8 heteroatoms. The summed E-state index contributed by atoms with van der Waals surface area (Å²) in [7, 11) is 0. The van der Waals surface area contributed by atoms with Gasteiger partial charge in [-0.05, 0) is 55.5 Å². The average molecular weight is 494 g/mol. The van der Waals surface area contributed by atoms with Gasteiger partial charge in [-0.2, -0.15) is 0 Å². The van der Waals surface area contributed by atoms with Gasteiger partial charge in [0.25, 0.3) is 5.91 Å². The van der Waals surface area contributed by atoms with E-state index in [1.807, 2.05) is 48.5 Å². The number of hydrogen-bond acceptors (Lipinski definition) is 4. The highest BCUT2D eigenvalue weighted by atomic mass is 19.1. The van der Waals surface area contributed by atoms with E-state index in [-0.39, 0.29) is 12.4 Å². The fourth-order valence-corrected chi connectivity index (χ4v) is 4.89. The quantitative estimate of drug-likeness (QED) is 0.251. The van der Waals surface area contributed by atoms with Crippen LogP contribution in [0.3, 0.4) is 0 Å². The summed E-state index contributed by atoms with van der Waals surface area (Å²) in [5.74, 6) is -0.222. The molecule has 0 saturated heterocycles. The Hall–Kier alpha value is -4.69. The molecular formula is C29H24FN5O2. The lowest BCUT2D eigenvalue weighted by Crippen LogP contribution is -2.19. The Morgan fingerprint density at radius 3 is 2.70 bits per heavy atom. The Kier molecular flexibility index (Phi) is 5.39. The molecule has 6 rings (SSSR count). The number of primary amides is 1. The monoisotopic (exact) mass is 493 g/mol. The van der Waals surface area contributed by atoms with E-state index < -0.39 is 12.0 Å². The molecule has 2 heterocycles. The number of anilines is 1. The number of nitrogens with two attached hydrogens (primary N) is 1. The molecule has 2 aromatic heterocycles. The summed E-state index contributed by atoms with van der Waals surface area (Å²) in [6, 6.07) is 24.0. The minimum Gasteiger partial charge on any atom is -0.392 e. The number of aromatic amines is 1. The van der Waals surface area contributed by atoms with Gasteiger partial charge in [0.15, 0.2) is 0 Å². The Morgan fingerprint density at radius 1 is 1.08 bits per heavy atom. The van der Waals surface area contributed by atoms with Crippen molar-refractivity contribution in [2.45, 2.75) is 13.0 Å². The number of aliphatic hydroxyl groups is 1. The lowest BCUT2D eigenvalue weighted by atomic mass is 10.1. The Labute approximate surface area is 211 Å². The lowest BCUT2D eigenvalue weighted by Gasteiger charge is -2.15. The van der Waals surface area contributed by atoms with Crippen LogP contribution < -0.4 is 11.1 Å². The van der Waals surface area contributed by atoms with Gasteiger partial charge in [-0.15, -0.1) is 0 Å². The topological polar surface area (TPSA) is 109 Å². The number of fused-ring (bicyclic) bond motifs is 4. The van der Waals surface area contributed by atoms with Crippen molar-refractivity contribution in [3.05, 3.63) is 90.2 Å². The lowest BCUT2D eigenvalue weighted by molar-refractivity contribution is 0.100. The first-order valence-electron chi connectivity index (χ1n) is 11.9. The van der Waals surface area contributed by atoms with Crippen LogP contribution in [0.5, 0.6) is 0 Å². The number of amides is 1. The average Bonchev–Trinajstić information content (AvgIpc) is 3.46. The van der Waals surface area contributed by atoms with Crippen LogP contribution in [0.25, 0.3) is 49.9 Å². The predicted molar refractivity (Wildman–Crippen MR) is 145 cm³/mol. The number of para-hydroxylation sites is 1. The fourth-order valence-electron chi connectivity index (χ4n) is 4.89. The molecule has 4 aromatic carbocycles. The minimum atomic E-state index is -0.600. The van der Waals surface area contributed by atoms with E-state index in [1.165, 1.54) is 12.1 Å². The molecule has 1 amide bonds. The molecule has 0 aliphatic rings. The van der Waals surface area contributed by atoms with Crippen molar-refractivity contribution in [2.24, 2.45) is 5.73 Å². The third kappa shape index (κ3) is 3.88. The first kappa shape index (κ1) is 22.8. The van der Waals surface area contributed by atoms with Gasteiger partial charge in [-0.25, -0.2) is 9.37 Å². The fraction of sp³-hybridized carbons (Fsp3) is 0.103. The Bertz CT molecular complexity index is 1820. The molecule has 0 aliphatic heterocycles. The second-order valence-corrected chi connectivity index (χ2v) is 9.12. The van der Waals surface area contributed by atoms with E-state index in [1.54, 1.807) is 19.1 Å². The Balaban J connectivity index is 1.60. The second-order valence-electron chi connectivity index (χ2n) is 9.12. The molecule has 0 fully saturated rings. The van der Waals surface area contributed by atoms with Crippen molar-refractivity contribution < 1.29 is 14.3 Å². The summed E-state index contributed by atoms with van der Waals surface area (Å²) in [6.45, 7) is 1.94. The highest BCUT2D eigenvalue weighted by Gasteiger charge is 2.19. The number of nitrogens with one attached hydrogen (secondary N) is 2. The van der Waals surface area contributed by atoms with Crippen LogP contribution in [-0.2, 0) is 0 Å². The molecule has 0 bridgehead atoms. The normalized spacial score (nSPS) is 12.4. The largest absolute Gasteiger partial charge is 0.392 e. The van der Waals surface area contributed by atoms with Crippen molar-refractivity contribution in [3.63, 3.8) is 0 Å². The molecule has 1 atom stereocenters. The van der Waals surface area contributed by atoms with Crippen molar-refractivity contribution >= 4 is 44.4 Å². The van der Waals surface area contributed by atoms with Crippen molar-refractivity contribution in [1.82, 2.24) is 14.5 Å². The van der Waals surface area contributed by atoms with Gasteiger partial charge in [0.2, 0.25) is 0 Å². The van der Waals surface area contributed by atoms with Gasteiger partial charge >= 0.3 is 0 Å². The summed E-state index contributed by atoms with van der Waals surface area (Å²) in [5.41, 5.74) is 11.5. The van der Waals surface area contributed by atoms with Crippen LogP contribution in [0, 0.1) is 5.82 Å². The van der Waals surface area contributed by atoms with Crippen molar-refractivity contribution in [3.8, 4) is 17.1 Å². The molecule has 0 saturated carbocycles. The smallest absolute Gasteiger partial charge is 0.250 e. The van der Waals surface area contributed by atoms with Crippen LogP contribution in [0.2, 0.25) is 0 Å². The van der Waals surface area contributed by atoms with Gasteiger partial charge in [-0.1, -0.05) is 30.3 Å². The zero-order valence-electron chi connectivity index (χ0n) is 20.0. The maximum absolute atomic E-state index is 13.8. The number of H-pyrrole nitrogens is 1. The number of halogens is 1. The minimum absolute atomic E-state index is 0.272. The first-order chi connectivity index (χ1) is 17.9. The second kappa shape index (κ2) is 8.76. The summed E-state index contributed by atoms with van der Waals surface area (Å²) < 4.78 is 15.9. The zero-order valence-corrected chi connectivity index (χ0v) is 20.0. The molecule has 5 N–H and O–H groups in total. The van der Waals surface area contributed by atoms with Gasteiger partial charge in [0, 0.05) is 34.3 Å². The number of aliphatic hydroxyl groups excluding tert-OH is 1. The summed E-state index contributed by atoms with van der Waals surface area (Å²) in [6.07, 6.45) is -0.600. The molecular weight excluding hydrogens is 469 g/mol. The summed E-state index contributed by atoms with van der Waals surface area (Å²) in [5, 5.41) is 14.9. The molecule has 184 valence electrons.